The summed E-state index contributed by atoms with van der Waals surface area (Å²) in [5.74, 6) is 0.112. The maximum absolute atomic E-state index is 11.4. The molecule has 2 unspecified atom stereocenters. The lowest BCUT2D eigenvalue weighted by atomic mass is 10.00. The summed E-state index contributed by atoms with van der Waals surface area (Å²) in [6.45, 7) is 0.504. The molecule has 1 aromatic rings. The monoisotopic (exact) mass is 191 g/mol. The lowest BCUT2D eigenvalue weighted by molar-refractivity contribution is -0.123. The van der Waals surface area contributed by atoms with Crippen molar-refractivity contribution in [2.75, 3.05) is 6.61 Å². The molecule has 0 amide bonds. The summed E-state index contributed by atoms with van der Waals surface area (Å²) >= 11 is 0. The van der Waals surface area contributed by atoms with Crippen molar-refractivity contribution in [2.24, 2.45) is 5.73 Å². The summed E-state index contributed by atoms with van der Waals surface area (Å²) in [5.41, 5.74) is 6.90. The Morgan fingerprint density at radius 1 is 1.36 bits per heavy atom. The van der Waals surface area contributed by atoms with E-state index in [4.69, 9.17) is 10.5 Å². The number of carbonyl (C=O) groups excluding carboxylic acids is 1. The Hall–Kier alpha value is -1.19. The van der Waals surface area contributed by atoms with Crippen LogP contribution in [0.5, 0.6) is 0 Å². The van der Waals surface area contributed by atoms with Gasteiger partial charge in [-0.05, 0) is 5.56 Å². The molecule has 2 N–H and O–H groups in total. The van der Waals surface area contributed by atoms with E-state index in [-0.39, 0.29) is 11.8 Å². The highest BCUT2D eigenvalue weighted by atomic mass is 16.5. The van der Waals surface area contributed by atoms with Gasteiger partial charge in [-0.25, -0.2) is 0 Å². The lowest BCUT2D eigenvalue weighted by Gasteiger charge is -2.17. The first-order valence-corrected chi connectivity index (χ1v) is 4.74. The van der Waals surface area contributed by atoms with Crippen LogP contribution in [-0.2, 0) is 9.53 Å². The highest BCUT2D eigenvalue weighted by Crippen LogP contribution is 2.21. The van der Waals surface area contributed by atoms with Crippen LogP contribution in [0.15, 0.2) is 30.3 Å². The van der Waals surface area contributed by atoms with Crippen LogP contribution < -0.4 is 5.73 Å². The van der Waals surface area contributed by atoms with E-state index in [1.54, 1.807) is 0 Å². The zero-order valence-corrected chi connectivity index (χ0v) is 7.85. The van der Waals surface area contributed by atoms with Gasteiger partial charge in [-0.1, -0.05) is 30.3 Å². The third-order valence-corrected chi connectivity index (χ3v) is 2.47. The van der Waals surface area contributed by atoms with E-state index in [1.807, 2.05) is 30.3 Å². The molecule has 1 aliphatic heterocycles. The molecule has 1 saturated heterocycles. The highest BCUT2D eigenvalue weighted by molar-refractivity contribution is 5.85. The van der Waals surface area contributed by atoms with E-state index in [9.17, 15) is 4.79 Å². The predicted octanol–water partition coefficient (Wildman–Crippen LogP) is 1.04. The van der Waals surface area contributed by atoms with Crippen LogP contribution in [0.2, 0.25) is 0 Å². The van der Waals surface area contributed by atoms with E-state index >= 15 is 0 Å². The molecule has 1 aromatic carbocycles. The van der Waals surface area contributed by atoms with Crippen molar-refractivity contribution in [3.05, 3.63) is 35.9 Å². The van der Waals surface area contributed by atoms with Gasteiger partial charge in [0.1, 0.15) is 6.10 Å². The van der Waals surface area contributed by atoms with E-state index in [0.717, 1.165) is 5.56 Å². The molecule has 2 rings (SSSR count). The fraction of sp³-hybridized carbons (Fsp3) is 0.364. The van der Waals surface area contributed by atoms with Crippen molar-refractivity contribution in [3.63, 3.8) is 0 Å². The number of hydrogen-bond acceptors (Lipinski definition) is 3. The minimum absolute atomic E-state index is 0.112. The zero-order chi connectivity index (χ0) is 9.97. The number of rotatable bonds is 2. The van der Waals surface area contributed by atoms with Crippen molar-refractivity contribution in [3.8, 4) is 0 Å². The molecule has 1 aliphatic rings. The van der Waals surface area contributed by atoms with E-state index in [0.29, 0.717) is 13.0 Å². The minimum Gasteiger partial charge on any atom is -0.368 e. The van der Waals surface area contributed by atoms with Crippen molar-refractivity contribution in [2.45, 2.75) is 18.6 Å². The normalized spacial score (nSPS) is 23.8. The number of carbonyl (C=O) groups is 1. The van der Waals surface area contributed by atoms with Crippen LogP contribution in [0.1, 0.15) is 18.0 Å². The number of nitrogens with two attached hydrogens (primary N) is 1. The molecule has 2 atom stereocenters. The van der Waals surface area contributed by atoms with Gasteiger partial charge in [0.2, 0.25) is 0 Å². The highest BCUT2D eigenvalue weighted by Gasteiger charge is 2.31. The smallest absolute Gasteiger partial charge is 0.165 e. The van der Waals surface area contributed by atoms with Crippen LogP contribution in [0, 0.1) is 0 Å². The molecular formula is C11H13NO2. The summed E-state index contributed by atoms with van der Waals surface area (Å²) in [6.07, 6.45) is 0.0444. The van der Waals surface area contributed by atoms with Gasteiger partial charge < -0.3 is 10.5 Å². The Balaban J connectivity index is 2.16. The molecule has 0 bridgehead atoms. The van der Waals surface area contributed by atoms with E-state index < -0.39 is 6.10 Å². The van der Waals surface area contributed by atoms with Gasteiger partial charge in [0.05, 0.1) is 12.6 Å². The Bertz CT molecular complexity index is 323. The average molecular weight is 191 g/mol. The SMILES string of the molecule is NC(c1ccccc1)C1OCCC1=O. The second kappa shape index (κ2) is 3.90. The van der Waals surface area contributed by atoms with Crippen LogP contribution in [0.3, 0.4) is 0 Å². The topological polar surface area (TPSA) is 52.3 Å². The van der Waals surface area contributed by atoms with Gasteiger partial charge in [-0.3, -0.25) is 4.79 Å². The molecule has 74 valence electrons. The van der Waals surface area contributed by atoms with Gasteiger partial charge in [-0.15, -0.1) is 0 Å². The molecule has 3 nitrogen and oxygen atoms in total. The molecule has 0 aliphatic carbocycles. The maximum Gasteiger partial charge on any atom is 0.165 e. The number of benzene rings is 1. The largest absolute Gasteiger partial charge is 0.368 e. The Morgan fingerprint density at radius 2 is 2.07 bits per heavy atom. The second-order valence-electron chi connectivity index (χ2n) is 3.44. The Labute approximate surface area is 82.9 Å². The molecule has 1 heterocycles. The Kier molecular flexibility index (Phi) is 2.61. The number of Topliss-reactive ketones (excluding diaryl/α,β-unsaturated/α-hetero) is 1. The lowest BCUT2D eigenvalue weighted by Crippen LogP contribution is -2.30. The molecule has 3 heteroatoms. The van der Waals surface area contributed by atoms with Gasteiger partial charge in [0.15, 0.2) is 5.78 Å². The summed E-state index contributed by atoms with van der Waals surface area (Å²) in [7, 11) is 0. The fourth-order valence-electron chi connectivity index (χ4n) is 1.68. The second-order valence-corrected chi connectivity index (χ2v) is 3.44. The standard InChI is InChI=1S/C11H13NO2/c12-10(8-4-2-1-3-5-8)11-9(13)6-7-14-11/h1-5,10-11H,6-7,12H2. The number of hydrogen-bond donors (Lipinski definition) is 1. The number of ketones is 1. The fourth-order valence-corrected chi connectivity index (χ4v) is 1.68. The van der Waals surface area contributed by atoms with Gasteiger partial charge in [-0.2, -0.15) is 0 Å². The zero-order valence-electron chi connectivity index (χ0n) is 7.85. The van der Waals surface area contributed by atoms with E-state index in [2.05, 4.69) is 0 Å². The van der Waals surface area contributed by atoms with Gasteiger partial charge >= 0.3 is 0 Å². The van der Waals surface area contributed by atoms with Gasteiger partial charge in [0, 0.05) is 6.42 Å². The predicted molar refractivity (Wildman–Crippen MR) is 52.7 cm³/mol. The maximum atomic E-state index is 11.4. The van der Waals surface area contributed by atoms with Crippen molar-refractivity contribution in [1.29, 1.82) is 0 Å². The first-order valence-electron chi connectivity index (χ1n) is 4.74. The summed E-state index contributed by atoms with van der Waals surface area (Å²) in [5, 5.41) is 0. The summed E-state index contributed by atoms with van der Waals surface area (Å²) in [6, 6.07) is 9.25. The molecule has 0 saturated carbocycles. The molecule has 0 spiro atoms. The molecule has 14 heavy (non-hydrogen) atoms. The first kappa shape index (κ1) is 9.37. The average Bonchev–Trinajstić information content (AvgIpc) is 2.65. The van der Waals surface area contributed by atoms with Crippen LogP contribution in [0.4, 0.5) is 0 Å². The number of ether oxygens (including phenoxy) is 1. The van der Waals surface area contributed by atoms with E-state index in [1.165, 1.54) is 0 Å². The quantitative estimate of drug-likeness (QED) is 0.760. The molecule has 1 fully saturated rings. The van der Waals surface area contributed by atoms with Crippen LogP contribution in [-0.4, -0.2) is 18.5 Å². The third-order valence-electron chi connectivity index (χ3n) is 2.47. The van der Waals surface area contributed by atoms with Crippen molar-refractivity contribution < 1.29 is 9.53 Å². The molecular weight excluding hydrogens is 178 g/mol. The summed E-state index contributed by atoms with van der Waals surface area (Å²) < 4.78 is 5.31. The minimum atomic E-state index is -0.447. The van der Waals surface area contributed by atoms with Crippen molar-refractivity contribution >= 4 is 5.78 Å². The first-order chi connectivity index (χ1) is 6.79. The van der Waals surface area contributed by atoms with Crippen LogP contribution >= 0.6 is 0 Å². The van der Waals surface area contributed by atoms with Crippen LogP contribution in [0.25, 0.3) is 0 Å². The summed E-state index contributed by atoms with van der Waals surface area (Å²) in [4.78, 5) is 11.4. The molecule has 0 aromatic heterocycles. The third kappa shape index (κ3) is 1.69. The molecule has 0 radical (unpaired) electrons. The van der Waals surface area contributed by atoms with Crippen molar-refractivity contribution in [1.82, 2.24) is 0 Å². The Morgan fingerprint density at radius 3 is 2.64 bits per heavy atom. The van der Waals surface area contributed by atoms with Gasteiger partial charge in [0.25, 0.3) is 0 Å².